The number of rotatable bonds is 13. The van der Waals surface area contributed by atoms with Crippen molar-refractivity contribution in [3.63, 3.8) is 0 Å². The lowest BCUT2D eigenvalue weighted by atomic mass is 9.90. The molecular weight excluding hydrogens is 388 g/mol. The van der Waals surface area contributed by atoms with Gasteiger partial charge in [-0.1, -0.05) is 0 Å². The highest BCUT2D eigenvalue weighted by atomic mass is 16.6. The molecule has 0 rings (SSSR count). The zero-order valence-corrected chi connectivity index (χ0v) is 17.0. The van der Waals surface area contributed by atoms with E-state index in [1.165, 1.54) is 20.8 Å². The molecule has 10 nitrogen and oxygen atoms in total. The molecule has 0 aromatic heterocycles. The molecule has 0 saturated heterocycles. The summed E-state index contributed by atoms with van der Waals surface area (Å²) in [6.07, 6.45) is 5.24. The second-order valence-electron chi connectivity index (χ2n) is 7.56. The smallest absolute Gasteiger partial charge is 0.318 e. The van der Waals surface area contributed by atoms with Crippen LogP contribution >= 0.6 is 0 Å². The van der Waals surface area contributed by atoms with Crippen LogP contribution in [0.5, 0.6) is 0 Å². The van der Waals surface area contributed by atoms with Gasteiger partial charge in [0.15, 0.2) is 0 Å². The van der Waals surface area contributed by atoms with Gasteiger partial charge in [-0.05, 0) is 20.8 Å². The lowest BCUT2D eigenvalue weighted by Crippen LogP contribution is -2.45. The first-order valence-electron chi connectivity index (χ1n) is 8.87. The zero-order chi connectivity index (χ0) is 22.7. The number of hydrogen-bond donors (Lipinski definition) is 4. The van der Waals surface area contributed by atoms with E-state index in [-0.39, 0.29) is 13.0 Å². The van der Waals surface area contributed by atoms with Gasteiger partial charge in [0.1, 0.15) is 36.1 Å². The fraction of sp³-hybridized carbons (Fsp3) is 0.737. The van der Waals surface area contributed by atoms with Crippen molar-refractivity contribution < 1.29 is 49.0 Å². The molecule has 0 saturated carbocycles. The van der Waals surface area contributed by atoms with Gasteiger partial charge >= 0.3 is 17.9 Å². The molecule has 0 aliphatic rings. The first kappa shape index (κ1) is 26.8. The Kier molecular flexibility index (Phi) is 10.8. The van der Waals surface area contributed by atoms with Crippen LogP contribution in [-0.2, 0) is 28.6 Å². The SMILES string of the molecule is C#CCCOC(=O)C(C)(COC(=O)C(C)(CO)CO)COC(=O)C(C)(CO)CO. The van der Waals surface area contributed by atoms with Crippen molar-refractivity contribution in [3.8, 4) is 12.3 Å². The molecule has 0 bridgehead atoms. The van der Waals surface area contributed by atoms with Crippen molar-refractivity contribution >= 4 is 17.9 Å². The zero-order valence-electron chi connectivity index (χ0n) is 17.0. The molecule has 10 heteroatoms. The molecule has 0 fully saturated rings. The van der Waals surface area contributed by atoms with Crippen LogP contribution < -0.4 is 0 Å². The van der Waals surface area contributed by atoms with E-state index in [4.69, 9.17) is 20.6 Å². The van der Waals surface area contributed by atoms with E-state index in [9.17, 15) is 34.8 Å². The van der Waals surface area contributed by atoms with Gasteiger partial charge in [0.05, 0.1) is 26.4 Å². The van der Waals surface area contributed by atoms with Gasteiger partial charge in [0.25, 0.3) is 0 Å². The first-order valence-corrected chi connectivity index (χ1v) is 8.87. The molecule has 0 aromatic rings. The molecule has 0 aromatic carbocycles. The van der Waals surface area contributed by atoms with E-state index >= 15 is 0 Å². The molecule has 0 spiro atoms. The molecule has 0 aliphatic carbocycles. The summed E-state index contributed by atoms with van der Waals surface area (Å²) in [6.45, 7) is -0.177. The van der Waals surface area contributed by atoms with Crippen LogP contribution in [0.15, 0.2) is 0 Å². The number of esters is 3. The number of hydrogen-bond acceptors (Lipinski definition) is 10. The Morgan fingerprint density at radius 1 is 0.724 bits per heavy atom. The summed E-state index contributed by atoms with van der Waals surface area (Å²) in [5.41, 5.74) is -4.81. The monoisotopic (exact) mass is 418 g/mol. The number of aliphatic hydroxyl groups is 4. The Labute approximate surface area is 169 Å². The van der Waals surface area contributed by atoms with Crippen LogP contribution in [0.3, 0.4) is 0 Å². The highest BCUT2D eigenvalue weighted by Gasteiger charge is 2.43. The third kappa shape index (κ3) is 7.29. The summed E-state index contributed by atoms with van der Waals surface area (Å²) in [6, 6.07) is 0. The third-order valence-corrected chi connectivity index (χ3v) is 4.40. The Balaban J connectivity index is 5.36. The maximum Gasteiger partial charge on any atom is 0.318 e. The number of carbonyl (C=O) groups excluding carboxylic acids is 3. The van der Waals surface area contributed by atoms with Crippen LogP contribution in [-0.4, -0.2) is 84.6 Å². The summed E-state index contributed by atoms with van der Waals surface area (Å²) in [7, 11) is 0. The first-order chi connectivity index (χ1) is 13.5. The Bertz CT molecular complexity index is 565. The minimum atomic E-state index is -1.64. The summed E-state index contributed by atoms with van der Waals surface area (Å²) >= 11 is 0. The normalized spacial score (nSPS) is 12.1. The highest BCUT2D eigenvalue weighted by molar-refractivity contribution is 5.81. The van der Waals surface area contributed by atoms with Gasteiger partial charge in [-0.2, -0.15) is 0 Å². The Morgan fingerprint density at radius 3 is 1.38 bits per heavy atom. The van der Waals surface area contributed by atoms with Crippen LogP contribution in [0.4, 0.5) is 0 Å². The largest absolute Gasteiger partial charge is 0.464 e. The quantitative estimate of drug-likeness (QED) is 0.122. The summed E-state index contributed by atoms with van der Waals surface area (Å²) in [5.74, 6) is -0.509. The lowest BCUT2D eigenvalue weighted by molar-refractivity contribution is -0.179. The van der Waals surface area contributed by atoms with E-state index in [1.54, 1.807) is 0 Å². The average Bonchev–Trinajstić information content (AvgIpc) is 2.74. The standard InChI is InChI=1S/C19H30O10/c1-5-6-7-27-16(26)19(4,12-28-14(24)17(2,8-20)9-21)13-29-15(25)18(3,10-22)11-23/h1,20-23H,6-13H2,2-4H3. The fourth-order valence-corrected chi connectivity index (χ4v) is 1.69. The van der Waals surface area contributed by atoms with Crippen LogP contribution in [0.1, 0.15) is 27.2 Å². The minimum absolute atomic E-state index is 0.108. The van der Waals surface area contributed by atoms with Gasteiger partial charge in [0, 0.05) is 6.42 Å². The summed E-state index contributed by atoms with van der Waals surface area (Å²) < 4.78 is 15.2. The molecule has 0 aliphatic heterocycles. The molecule has 4 N–H and O–H groups in total. The van der Waals surface area contributed by atoms with Gasteiger partial charge < -0.3 is 34.6 Å². The molecule has 0 atom stereocenters. The van der Waals surface area contributed by atoms with Gasteiger partial charge in [-0.25, -0.2) is 0 Å². The average molecular weight is 418 g/mol. The number of ether oxygens (including phenoxy) is 3. The maximum atomic E-state index is 12.5. The van der Waals surface area contributed by atoms with Gasteiger partial charge in [0.2, 0.25) is 0 Å². The molecule has 0 unspecified atom stereocenters. The van der Waals surface area contributed by atoms with E-state index in [1.807, 2.05) is 0 Å². The van der Waals surface area contributed by atoms with E-state index < -0.39 is 73.8 Å². The molecule has 166 valence electrons. The van der Waals surface area contributed by atoms with Crippen molar-refractivity contribution in [3.05, 3.63) is 0 Å². The molecule has 0 heterocycles. The molecule has 29 heavy (non-hydrogen) atoms. The second kappa shape index (κ2) is 11.7. The van der Waals surface area contributed by atoms with E-state index in [2.05, 4.69) is 5.92 Å². The van der Waals surface area contributed by atoms with Crippen LogP contribution in [0, 0.1) is 28.6 Å². The molecular formula is C19H30O10. The van der Waals surface area contributed by atoms with Crippen molar-refractivity contribution in [1.29, 1.82) is 0 Å². The van der Waals surface area contributed by atoms with Gasteiger partial charge in [-0.15, -0.1) is 12.3 Å². The topological polar surface area (TPSA) is 160 Å². The highest BCUT2D eigenvalue weighted by Crippen LogP contribution is 2.25. The van der Waals surface area contributed by atoms with Crippen molar-refractivity contribution in [1.82, 2.24) is 0 Å². The van der Waals surface area contributed by atoms with Crippen LogP contribution in [0.25, 0.3) is 0 Å². The Hall–Kier alpha value is -2.19. The Morgan fingerprint density at radius 2 is 1.07 bits per heavy atom. The summed E-state index contributed by atoms with van der Waals surface area (Å²) in [4.78, 5) is 36.8. The number of aliphatic hydroxyl groups excluding tert-OH is 4. The third-order valence-electron chi connectivity index (χ3n) is 4.40. The molecule has 0 radical (unpaired) electrons. The second-order valence-corrected chi connectivity index (χ2v) is 7.56. The number of terminal acetylenes is 1. The van der Waals surface area contributed by atoms with Crippen molar-refractivity contribution in [2.24, 2.45) is 16.2 Å². The van der Waals surface area contributed by atoms with Gasteiger partial charge in [-0.3, -0.25) is 14.4 Å². The maximum absolute atomic E-state index is 12.5. The minimum Gasteiger partial charge on any atom is -0.464 e. The van der Waals surface area contributed by atoms with Crippen LogP contribution in [0.2, 0.25) is 0 Å². The predicted octanol–water partition coefficient (Wildman–Crippen LogP) is -1.37. The summed E-state index contributed by atoms with van der Waals surface area (Å²) in [5, 5.41) is 37.1. The van der Waals surface area contributed by atoms with Crippen molar-refractivity contribution in [2.75, 3.05) is 46.2 Å². The van der Waals surface area contributed by atoms with Crippen molar-refractivity contribution in [2.45, 2.75) is 27.2 Å². The van der Waals surface area contributed by atoms with E-state index in [0.717, 1.165) is 0 Å². The lowest BCUT2D eigenvalue weighted by Gasteiger charge is -2.30. The molecule has 0 amide bonds. The fourth-order valence-electron chi connectivity index (χ4n) is 1.69. The number of carbonyl (C=O) groups is 3. The predicted molar refractivity (Wildman–Crippen MR) is 99.0 cm³/mol. The van der Waals surface area contributed by atoms with E-state index in [0.29, 0.717) is 0 Å².